The van der Waals surface area contributed by atoms with Crippen LogP contribution in [0.15, 0.2) is 59.4 Å². The SMILES string of the molecule is NC(=O)CC(c1cccc(OC(F)F)c1)c1c(Cc2ccccc2)[nH][nH]c1=O. The summed E-state index contributed by atoms with van der Waals surface area (Å²) in [5.41, 5.74) is 7.40. The van der Waals surface area contributed by atoms with Crippen LogP contribution >= 0.6 is 0 Å². The first-order valence-electron chi connectivity index (χ1n) is 8.60. The molecule has 8 heteroatoms. The zero-order valence-corrected chi connectivity index (χ0v) is 14.8. The lowest BCUT2D eigenvalue weighted by molar-refractivity contribution is -0.118. The molecule has 1 aromatic heterocycles. The van der Waals surface area contributed by atoms with Crippen LogP contribution in [0.4, 0.5) is 8.78 Å². The average molecular weight is 387 g/mol. The molecule has 0 aliphatic carbocycles. The summed E-state index contributed by atoms with van der Waals surface area (Å²) in [6.07, 6.45) is 0.276. The summed E-state index contributed by atoms with van der Waals surface area (Å²) in [4.78, 5) is 24.2. The Bertz CT molecular complexity index is 999. The Morgan fingerprint density at radius 2 is 1.82 bits per heavy atom. The molecular weight excluding hydrogens is 368 g/mol. The number of hydrogen-bond acceptors (Lipinski definition) is 3. The Balaban J connectivity index is 2.02. The zero-order chi connectivity index (χ0) is 20.1. The number of halogens is 2. The maximum Gasteiger partial charge on any atom is 0.387 e. The van der Waals surface area contributed by atoms with Gasteiger partial charge in [-0.05, 0) is 23.3 Å². The molecule has 1 amide bonds. The fourth-order valence-corrected chi connectivity index (χ4v) is 3.21. The molecule has 146 valence electrons. The van der Waals surface area contributed by atoms with Gasteiger partial charge in [0, 0.05) is 30.0 Å². The van der Waals surface area contributed by atoms with Gasteiger partial charge in [-0.25, -0.2) is 0 Å². The molecule has 28 heavy (non-hydrogen) atoms. The molecule has 0 spiro atoms. The van der Waals surface area contributed by atoms with Gasteiger partial charge in [-0.15, -0.1) is 0 Å². The Morgan fingerprint density at radius 3 is 2.50 bits per heavy atom. The number of hydrogen-bond donors (Lipinski definition) is 3. The fourth-order valence-electron chi connectivity index (χ4n) is 3.21. The van der Waals surface area contributed by atoms with E-state index in [4.69, 9.17) is 5.73 Å². The van der Waals surface area contributed by atoms with E-state index in [1.54, 1.807) is 6.07 Å². The summed E-state index contributed by atoms with van der Waals surface area (Å²) in [5.74, 6) is -1.37. The fraction of sp³-hybridized carbons (Fsp3) is 0.200. The second-order valence-corrected chi connectivity index (χ2v) is 6.31. The number of primary amides is 1. The van der Waals surface area contributed by atoms with E-state index < -0.39 is 24.0 Å². The second kappa shape index (κ2) is 8.51. The first-order valence-corrected chi connectivity index (χ1v) is 8.60. The molecule has 1 atom stereocenters. The molecule has 0 aliphatic heterocycles. The molecule has 6 nitrogen and oxygen atoms in total. The lowest BCUT2D eigenvalue weighted by Gasteiger charge is -2.17. The standard InChI is InChI=1S/C20H19F2N3O3/c21-20(22)28-14-8-4-7-13(10-14)15(11-17(23)26)18-16(24-25-19(18)27)9-12-5-2-1-3-6-12/h1-8,10,15,20H,9,11H2,(H2,23,26)(H2,24,25,27). The molecular formula is C20H19F2N3O3. The van der Waals surface area contributed by atoms with E-state index in [0.29, 0.717) is 23.2 Å². The van der Waals surface area contributed by atoms with Crippen LogP contribution < -0.4 is 16.0 Å². The Morgan fingerprint density at radius 1 is 1.07 bits per heavy atom. The van der Waals surface area contributed by atoms with Crippen LogP contribution in [0.3, 0.4) is 0 Å². The van der Waals surface area contributed by atoms with Crippen LogP contribution in [0.2, 0.25) is 0 Å². The highest BCUT2D eigenvalue weighted by atomic mass is 19.3. The summed E-state index contributed by atoms with van der Waals surface area (Å²) in [6.45, 7) is -2.98. The van der Waals surface area contributed by atoms with Crippen molar-refractivity contribution in [1.82, 2.24) is 10.2 Å². The van der Waals surface area contributed by atoms with Crippen molar-refractivity contribution >= 4 is 5.91 Å². The van der Waals surface area contributed by atoms with Gasteiger partial charge in [-0.2, -0.15) is 8.78 Å². The largest absolute Gasteiger partial charge is 0.435 e. The van der Waals surface area contributed by atoms with Gasteiger partial charge < -0.3 is 15.6 Å². The van der Waals surface area contributed by atoms with E-state index in [1.807, 2.05) is 30.3 Å². The normalized spacial score (nSPS) is 12.1. The molecule has 0 saturated heterocycles. The molecule has 0 saturated carbocycles. The van der Waals surface area contributed by atoms with E-state index in [2.05, 4.69) is 14.9 Å². The van der Waals surface area contributed by atoms with Crippen molar-refractivity contribution in [3.63, 3.8) is 0 Å². The van der Waals surface area contributed by atoms with Gasteiger partial charge in [-0.3, -0.25) is 14.7 Å². The minimum absolute atomic E-state index is 0.0569. The molecule has 3 aromatic rings. The number of ether oxygens (including phenoxy) is 1. The minimum atomic E-state index is -2.98. The van der Waals surface area contributed by atoms with Crippen molar-refractivity contribution in [2.45, 2.75) is 25.4 Å². The average Bonchev–Trinajstić information content (AvgIpc) is 3.00. The number of aromatic amines is 2. The van der Waals surface area contributed by atoms with Crippen molar-refractivity contribution in [3.8, 4) is 5.75 Å². The first kappa shape index (κ1) is 19.3. The topological polar surface area (TPSA) is 101 Å². The molecule has 0 bridgehead atoms. The highest BCUT2D eigenvalue weighted by molar-refractivity contribution is 5.75. The number of aromatic nitrogens is 2. The predicted molar refractivity (Wildman–Crippen MR) is 99.4 cm³/mol. The van der Waals surface area contributed by atoms with Crippen molar-refractivity contribution < 1.29 is 18.3 Å². The molecule has 0 radical (unpaired) electrons. The van der Waals surface area contributed by atoms with Gasteiger partial charge in [-0.1, -0.05) is 42.5 Å². The first-order chi connectivity index (χ1) is 13.4. The summed E-state index contributed by atoms with van der Waals surface area (Å²) in [6, 6.07) is 15.4. The van der Waals surface area contributed by atoms with Crippen LogP contribution in [0.25, 0.3) is 0 Å². The van der Waals surface area contributed by atoms with Gasteiger partial charge in [0.25, 0.3) is 5.56 Å². The molecule has 0 aliphatic rings. The summed E-state index contributed by atoms with van der Waals surface area (Å²) < 4.78 is 29.5. The van der Waals surface area contributed by atoms with Gasteiger partial charge in [0.2, 0.25) is 5.91 Å². The Labute approximate surface area is 159 Å². The van der Waals surface area contributed by atoms with Crippen LogP contribution in [0.5, 0.6) is 5.75 Å². The van der Waals surface area contributed by atoms with Crippen LogP contribution in [-0.2, 0) is 11.2 Å². The van der Waals surface area contributed by atoms with Crippen molar-refractivity contribution in [2.75, 3.05) is 0 Å². The van der Waals surface area contributed by atoms with E-state index in [0.717, 1.165) is 5.56 Å². The second-order valence-electron chi connectivity index (χ2n) is 6.31. The van der Waals surface area contributed by atoms with Gasteiger partial charge in [0.1, 0.15) is 5.75 Å². The number of H-pyrrole nitrogens is 2. The number of nitrogens with two attached hydrogens (primary N) is 1. The van der Waals surface area contributed by atoms with Crippen LogP contribution in [0, 0.1) is 0 Å². The summed E-state index contributed by atoms with van der Waals surface area (Å²) in [7, 11) is 0. The van der Waals surface area contributed by atoms with Crippen molar-refractivity contribution in [2.24, 2.45) is 5.73 Å². The molecule has 3 rings (SSSR count). The highest BCUT2D eigenvalue weighted by Crippen LogP contribution is 2.31. The smallest absolute Gasteiger partial charge is 0.387 e. The molecule has 2 aromatic carbocycles. The number of amides is 1. The number of nitrogens with one attached hydrogen (secondary N) is 2. The highest BCUT2D eigenvalue weighted by Gasteiger charge is 2.25. The van der Waals surface area contributed by atoms with Gasteiger partial charge >= 0.3 is 6.61 Å². The van der Waals surface area contributed by atoms with Crippen LogP contribution in [-0.4, -0.2) is 22.7 Å². The number of benzene rings is 2. The van der Waals surface area contributed by atoms with E-state index >= 15 is 0 Å². The third-order valence-corrected chi connectivity index (χ3v) is 4.36. The van der Waals surface area contributed by atoms with Crippen molar-refractivity contribution in [3.05, 3.63) is 87.3 Å². The Hall–Kier alpha value is -3.42. The zero-order valence-electron chi connectivity index (χ0n) is 14.8. The summed E-state index contributed by atoms with van der Waals surface area (Å²) in [5, 5.41) is 5.40. The third kappa shape index (κ3) is 4.64. The van der Waals surface area contributed by atoms with Gasteiger partial charge in [0.05, 0.1) is 0 Å². The molecule has 1 unspecified atom stereocenters. The molecule has 1 heterocycles. The maximum absolute atomic E-state index is 12.6. The van der Waals surface area contributed by atoms with Crippen molar-refractivity contribution in [1.29, 1.82) is 0 Å². The van der Waals surface area contributed by atoms with Gasteiger partial charge in [0.15, 0.2) is 0 Å². The third-order valence-electron chi connectivity index (χ3n) is 4.36. The Kier molecular flexibility index (Phi) is 5.88. The number of carbonyl (C=O) groups is 1. The summed E-state index contributed by atoms with van der Waals surface area (Å²) >= 11 is 0. The van der Waals surface area contributed by atoms with E-state index in [9.17, 15) is 18.4 Å². The molecule has 0 fully saturated rings. The predicted octanol–water partition coefficient (Wildman–Crippen LogP) is 2.90. The number of alkyl halides is 2. The number of rotatable bonds is 8. The maximum atomic E-state index is 12.6. The van der Waals surface area contributed by atoms with E-state index in [1.165, 1.54) is 18.2 Å². The monoisotopic (exact) mass is 387 g/mol. The van der Waals surface area contributed by atoms with Crippen LogP contribution in [0.1, 0.15) is 34.7 Å². The molecule has 4 N–H and O–H groups in total. The quantitative estimate of drug-likeness (QED) is 0.554. The van der Waals surface area contributed by atoms with E-state index in [-0.39, 0.29) is 12.2 Å². The number of carbonyl (C=O) groups excluding carboxylic acids is 1. The minimum Gasteiger partial charge on any atom is -0.435 e. The lowest BCUT2D eigenvalue weighted by atomic mass is 9.87. The lowest BCUT2D eigenvalue weighted by Crippen LogP contribution is -2.21.